The molecule has 0 spiro atoms. The number of cyclic esters (lactones) is 1. The Morgan fingerprint density at radius 3 is 2.71 bits per heavy atom. The van der Waals surface area contributed by atoms with Gasteiger partial charge in [0.15, 0.2) is 0 Å². The Morgan fingerprint density at radius 2 is 1.94 bits per heavy atom. The molecule has 178 valence electrons. The van der Waals surface area contributed by atoms with Crippen LogP contribution in [-0.4, -0.2) is 42.1 Å². The molecule has 0 aromatic heterocycles. The van der Waals surface area contributed by atoms with Crippen LogP contribution in [-0.2, 0) is 20.7 Å². The SMILES string of the molecule is O=C(CCCC(F)(F)F)N[C@H]1Cc2cccc(C(=O)OC3OC(=O)c4ccccc43)c2OB1O. The highest BCUT2D eigenvalue weighted by atomic mass is 19.4. The lowest BCUT2D eigenvalue weighted by molar-refractivity contribution is -0.137. The zero-order chi connectivity index (χ0) is 24.5. The van der Waals surface area contributed by atoms with Gasteiger partial charge in [-0.15, -0.1) is 0 Å². The number of fused-ring (bicyclic) bond motifs is 2. The van der Waals surface area contributed by atoms with Crippen molar-refractivity contribution in [2.75, 3.05) is 0 Å². The van der Waals surface area contributed by atoms with Crippen molar-refractivity contribution in [3.05, 3.63) is 64.7 Å². The molecule has 4 rings (SSSR count). The van der Waals surface area contributed by atoms with Crippen molar-refractivity contribution >= 4 is 25.0 Å². The van der Waals surface area contributed by atoms with Gasteiger partial charge in [-0.05, 0) is 30.5 Å². The first-order valence-electron chi connectivity index (χ1n) is 10.5. The van der Waals surface area contributed by atoms with Gasteiger partial charge in [0.1, 0.15) is 11.3 Å². The monoisotopic (exact) mass is 477 g/mol. The van der Waals surface area contributed by atoms with Gasteiger partial charge in [0.05, 0.1) is 11.5 Å². The van der Waals surface area contributed by atoms with Gasteiger partial charge < -0.3 is 24.5 Å². The number of para-hydroxylation sites is 1. The number of hydrogen-bond acceptors (Lipinski definition) is 7. The third-order valence-corrected chi connectivity index (χ3v) is 5.41. The number of nitrogens with one attached hydrogen (secondary N) is 1. The van der Waals surface area contributed by atoms with Crippen molar-refractivity contribution in [2.45, 2.75) is 44.1 Å². The molecule has 2 aliphatic rings. The highest BCUT2D eigenvalue weighted by molar-refractivity contribution is 6.47. The standard InChI is InChI=1S/C22H19BF3NO7/c24-22(25,26)10-4-9-17(28)27-16-11-12-5-3-8-15(18(12)34-23(16)31)20(30)33-21-14-7-2-1-6-13(14)19(29)32-21/h1-3,5-8,16,21,31H,4,9-11H2,(H,27,28)/t16-,21?/m0/s1. The molecule has 0 radical (unpaired) electrons. The Bertz CT molecular complexity index is 1120. The third-order valence-electron chi connectivity index (χ3n) is 5.41. The third kappa shape index (κ3) is 5.17. The zero-order valence-electron chi connectivity index (χ0n) is 17.6. The van der Waals surface area contributed by atoms with Crippen LogP contribution in [0.4, 0.5) is 13.2 Å². The quantitative estimate of drug-likeness (QED) is 0.486. The number of alkyl halides is 3. The molecule has 34 heavy (non-hydrogen) atoms. The largest absolute Gasteiger partial charge is 0.547 e. The number of carbonyl (C=O) groups is 3. The van der Waals surface area contributed by atoms with E-state index in [0.29, 0.717) is 11.1 Å². The van der Waals surface area contributed by atoms with E-state index < -0.39 is 49.8 Å². The van der Waals surface area contributed by atoms with E-state index in [1.165, 1.54) is 6.07 Å². The number of rotatable bonds is 6. The van der Waals surface area contributed by atoms with Crippen LogP contribution in [0.2, 0.25) is 0 Å². The molecule has 2 heterocycles. The van der Waals surface area contributed by atoms with Gasteiger partial charge in [-0.2, -0.15) is 13.2 Å². The van der Waals surface area contributed by atoms with E-state index in [2.05, 4.69) is 5.32 Å². The minimum absolute atomic E-state index is 0.0214. The predicted octanol–water partition coefficient (Wildman–Crippen LogP) is 2.88. The molecule has 0 bridgehead atoms. The molecule has 1 amide bonds. The topological polar surface area (TPSA) is 111 Å². The molecular formula is C22H19BF3NO7. The molecule has 12 heteroatoms. The van der Waals surface area contributed by atoms with Gasteiger partial charge in [-0.3, -0.25) is 4.79 Å². The summed E-state index contributed by atoms with van der Waals surface area (Å²) in [7, 11) is -1.54. The normalized spacial score (nSPS) is 18.9. The molecular weight excluding hydrogens is 458 g/mol. The lowest BCUT2D eigenvalue weighted by atomic mass is 9.72. The molecule has 2 aromatic carbocycles. The maximum Gasteiger partial charge on any atom is 0.547 e. The van der Waals surface area contributed by atoms with E-state index in [1.54, 1.807) is 36.4 Å². The minimum Gasteiger partial charge on any atom is -0.534 e. The van der Waals surface area contributed by atoms with Crippen molar-refractivity contribution in [1.29, 1.82) is 0 Å². The van der Waals surface area contributed by atoms with Crippen LogP contribution >= 0.6 is 0 Å². The molecule has 0 saturated heterocycles. The lowest BCUT2D eigenvalue weighted by Crippen LogP contribution is -2.53. The second kappa shape index (κ2) is 9.37. The summed E-state index contributed by atoms with van der Waals surface area (Å²) < 4.78 is 52.7. The van der Waals surface area contributed by atoms with E-state index in [4.69, 9.17) is 14.1 Å². The Morgan fingerprint density at radius 1 is 1.18 bits per heavy atom. The Balaban J connectivity index is 1.42. The molecule has 1 unspecified atom stereocenters. The number of benzene rings is 2. The summed E-state index contributed by atoms with van der Waals surface area (Å²) in [5.41, 5.74) is 1.15. The van der Waals surface area contributed by atoms with E-state index in [-0.39, 0.29) is 36.1 Å². The summed E-state index contributed by atoms with van der Waals surface area (Å²) in [6, 6.07) is 11.0. The molecule has 2 atom stereocenters. The molecule has 2 aromatic rings. The number of halogens is 3. The summed E-state index contributed by atoms with van der Waals surface area (Å²) in [4.78, 5) is 36.8. The first kappa shape index (κ1) is 23.6. The van der Waals surface area contributed by atoms with Crippen molar-refractivity contribution in [3.8, 4) is 5.75 Å². The van der Waals surface area contributed by atoms with Gasteiger partial charge in [-0.25, -0.2) is 9.59 Å². The van der Waals surface area contributed by atoms with E-state index in [1.807, 2.05) is 0 Å². The second-order valence-corrected chi connectivity index (χ2v) is 7.88. The van der Waals surface area contributed by atoms with Crippen molar-refractivity contribution in [3.63, 3.8) is 0 Å². The predicted molar refractivity (Wildman–Crippen MR) is 111 cm³/mol. The molecule has 0 fully saturated rings. The van der Waals surface area contributed by atoms with Crippen molar-refractivity contribution < 1.29 is 46.7 Å². The van der Waals surface area contributed by atoms with Crippen molar-refractivity contribution in [1.82, 2.24) is 5.32 Å². The number of ether oxygens (including phenoxy) is 2. The number of esters is 2. The van der Waals surface area contributed by atoms with Crippen LogP contribution in [0.15, 0.2) is 42.5 Å². The summed E-state index contributed by atoms with van der Waals surface area (Å²) in [6.07, 6.45) is -7.33. The minimum atomic E-state index is -4.35. The van der Waals surface area contributed by atoms with Crippen LogP contribution in [0.3, 0.4) is 0 Å². The van der Waals surface area contributed by atoms with E-state index >= 15 is 0 Å². The molecule has 0 saturated carbocycles. The second-order valence-electron chi connectivity index (χ2n) is 7.88. The van der Waals surface area contributed by atoms with Gasteiger partial charge in [-0.1, -0.05) is 30.3 Å². The summed E-state index contributed by atoms with van der Waals surface area (Å²) >= 11 is 0. The fraction of sp³-hybridized carbons (Fsp3) is 0.318. The molecule has 8 nitrogen and oxygen atoms in total. The fourth-order valence-corrected chi connectivity index (χ4v) is 3.80. The molecule has 2 N–H and O–H groups in total. The Labute approximate surface area is 192 Å². The van der Waals surface area contributed by atoms with E-state index in [9.17, 15) is 32.6 Å². The zero-order valence-corrected chi connectivity index (χ0v) is 17.6. The first-order chi connectivity index (χ1) is 16.1. The van der Waals surface area contributed by atoms with Crippen LogP contribution < -0.4 is 9.97 Å². The average Bonchev–Trinajstić information content (AvgIpc) is 3.08. The van der Waals surface area contributed by atoms with Crippen LogP contribution in [0.5, 0.6) is 5.75 Å². The van der Waals surface area contributed by atoms with Crippen LogP contribution in [0.25, 0.3) is 0 Å². The highest BCUT2D eigenvalue weighted by Gasteiger charge is 2.39. The van der Waals surface area contributed by atoms with Gasteiger partial charge in [0.2, 0.25) is 5.91 Å². The highest BCUT2D eigenvalue weighted by Crippen LogP contribution is 2.35. The molecule has 0 aliphatic carbocycles. The lowest BCUT2D eigenvalue weighted by Gasteiger charge is -2.29. The summed E-state index contributed by atoms with van der Waals surface area (Å²) in [5.74, 6) is -3.00. The van der Waals surface area contributed by atoms with Gasteiger partial charge >= 0.3 is 25.2 Å². The summed E-state index contributed by atoms with van der Waals surface area (Å²) in [5, 5.41) is 12.8. The average molecular weight is 477 g/mol. The number of amides is 1. The smallest absolute Gasteiger partial charge is 0.534 e. The number of carbonyl (C=O) groups excluding carboxylic acids is 3. The maximum absolute atomic E-state index is 12.8. The summed E-state index contributed by atoms with van der Waals surface area (Å²) in [6.45, 7) is 0. The maximum atomic E-state index is 12.8. The Hall–Kier alpha value is -3.54. The molecule has 2 aliphatic heterocycles. The Kier molecular flexibility index (Phi) is 6.51. The fourth-order valence-electron chi connectivity index (χ4n) is 3.80. The first-order valence-corrected chi connectivity index (χ1v) is 10.5. The van der Waals surface area contributed by atoms with Gasteiger partial charge in [0.25, 0.3) is 6.29 Å². The number of hydrogen-bond donors (Lipinski definition) is 2. The van der Waals surface area contributed by atoms with Gasteiger partial charge in [0, 0.05) is 18.4 Å². The van der Waals surface area contributed by atoms with Crippen LogP contribution in [0.1, 0.15) is 57.4 Å². The van der Waals surface area contributed by atoms with Crippen LogP contribution in [0, 0.1) is 0 Å². The van der Waals surface area contributed by atoms with Crippen molar-refractivity contribution in [2.24, 2.45) is 0 Å². The van der Waals surface area contributed by atoms with E-state index in [0.717, 1.165) is 0 Å².